The van der Waals surface area contributed by atoms with Crippen LogP contribution < -0.4 is 4.90 Å². The largest absolute Gasteiger partial charge is 0.284 e. The van der Waals surface area contributed by atoms with Crippen LogP contribution in [0.1, 0.15) is 31.9 Å². The summed E-state index contributed by atoms with van der Waals surface area (Å²) in [6.45, 7) is 1.87. The lowest BCUT2D eigenvalue weighted by Gasteiger charge is -2.17. The Hall–Kier alpha value is -0.770. The molecule has 3 rings (SSSR count). The minimum absolute atomic E-state index is 0.108. The van der Waals surface area contributed by atoms with Crippen molar-refractivity contribution >= 4 is 57.3 Å². The van der Waals surface area contributed by atoms with E-state index < -0.39 is 0 Å². The van der Waals surface area contributed by atoms with E-state index in [-0.39, 0.29) is 5.91 Å². The number of carbonyl (C=O) groups is 1. The van der Waals surface area contributed by atoms with Crippen LogP contribution in [-0.4, -0.2) is 31.7 Å². The third-order valence-corrected chi connectivity index (χ3v) is 5.98. The molecule has 0 unspecified atom stereocenters. The van der Waals surface area contributed by atoms with Crippen molar-refractivity contribution < 1.29 is 4.79 Å². The number of hydrogen-bond donors (Lipinski definition) is 0. The molecule has 0 saturated heterocycles. The van der Waals surface area contributed by atoms with E-state index in [1.807, 2.05) is 6.92 Å². The fraction of sp³-hybridized carbons (Fsp3) is 0.545. The first-order valence-corrected chi connectivity index (χ1v) is 9.39. The Morgan fingerprint density at radius 2 is 2.24 bits per heavy atom. The van der Waals surface area contributed by atoms with E-state index in [4.69, 9.17) is 11.6 Å². The molecule has 0 atom stereocenters. The molecule has 0 radical (unpaired) electrons. The lowest BCUT2D eigenvalue weighted by Crippen LogP contribution is -2.32. The van der Waals surface area contributed by atoms with E-state index in [1.165, 1.54) is 34.6 Å². The van der Waals surface area contributed by atoms with Crippen molar-refractivity contribution in [3.63, 3.8) is 0 Å². The second-order valence-electron chi connectivity index (χ2n) is 4.48. The summed E-state index contributed by atoms with van der Waals surface area (Å²) in [5, 5.41) is 12.9. The molecular formula is C11H12ClN5OS3. The van der Waals surface area contributed by atoms with Crippen LogP contribution in [0.3, 0.4) is 0 Å². The molecule has 0 N–H and O–H groups in total. The number of rotatable bonds is 6. The minimum Gasteiger partial charge on any atom is -0.284 e. The van der Waals surface area contributed by atoms with Gasteiger partial charge >= 0.3 is 0 Å². The molecule has 0 aliphatic heterocycles. The van der Waals surface area contributed by atoms with Crippen LogP contribution in [0, 0.1) is 0 Å². The number of halogens is 1. The normalized spacial score (nSPS) is 14.4. The Morgan fingerprint density at radius 3 is 2.86 bits per heavy atom. The van der Waals surface area contributed by atoms with Crippen molar-refractivity contribution in [3.05, 3.63) is 10.0 Å². The van der Waals surface area contributed by atoms with Crippen LogP contribution in [0.15, 0.2) is 4.34 Å². The predicted octanol–water partition coefficient (Wildman–Crippen LogP) is 3.24. The van der Waals surface area contributed by atoms with Gasteiger partial charge in [0.2, 0.25) is 11.0 Å². The maximum Gasteiger partial charge on any atom is 0.228 e. The fourth-order valence-electron chi connectivity index (χ4n) is 1.74. The van der Waals surface area contributed by atoms with E-state index in [0.29, 0.717) is 27.7 Å². The zero-order chi connectivity index (χ0) is 14.8. The van der Waals surface area contributed by atoms with Gasteiger partial charge in [-0.2, -0.15) is 0 Å². The van der Waals surface area contributed by atoms with Gasteiger partial charge in [-0.05, 0) is 12.8 Å². The Morgan fingerprint density at radius 1 is 1.43 bits per heavy atom. The summed E-state index contributed by atoms with van der Waals surface area (Å²) >= 11 is 10.1. The fourth-order valence-corrected chi connectivity index (χ4v) is 4.40. The van der Waals surface area contributed by atoms with Crippen molar-refractivity contribution in [3.8, 4) is 0 Å². The summed E-state index contributed by atoms with van der Waals surface area (Å²) in [7, 11) is 0. The number of thioether (sulfide) groups is 1. The lowest BCUT2D eigenvalue weighted by molar-refractivity contribution is -0.118. The topological polar surface area (TPSA) is 71.9 Å². The van der Waals surface area contributed by atoms with E-state index in [9.17, 15) is 4.79 Å². The molecule has 1 amide bonds. The highest BCUT2D eigenvalue weighted by Gasteiger charge is 2.35. The van der Waals surface area contributed by atoms with Gasteiger partial charge in [0, 0.05) is 29.7 Å². The van der Waals surface area contributed by atoms with E-state index in [0.717, 1.165) is 22.9 Å². The number of aromatic nitrogens is 4. The van der Waals surface area contributed by atoms with Crippen molar-refractivity contribution in [2.24, 2.45) is 0 Å². The van der Waals surface area contributed by atoms with E-state index in [1.54, 1.807) is 4.90 Å². The molecule has 0 bridgehead atoms. The molecule has 0 spiro atoms. The summed E-state index contributed by atoms with van der Waals surface area (Å²) in [6.07, 6.45) is 2.58. The smallest absolute Gasteiger partial charge is 0.228 e. The summed E-state index contributed by atoms with van der Waals surface area (Å²) in [6, 6.07) is 0.306. The molecule has 2 heterocycles. The van der Waals surface area contributed by atoms with Gasteiger partial charge < -0.3 is 0 Å². The molecule has 2 aromatic rings. The van der Waals surface area contributed by atoms with Gasteiger partial charge in [-0.3, -0.25) is 9.69 Å². The maximum atomic E-state index is 12.0. The van der Waals surface area contributed by atoms with Gasteiger partial charge in [0.25, 0.3) is 0 Å². The molecule has 21 heavy (non-hydrogen) atoms. The highest BCUT2D eigenvalue weighted by atomic mass is 35.5. The Kier molecular flexibility index (Phi) is 4.72. The number of anilines is 1. The number of carbonyl (C=O) groups excluding carboxylic acids is 1. The molecule has 112 valence electrons. The van der Waals surface area contributed by atoms with Gasteiger partial charge in [0.15, 0.2) is 4.34 Å². The second-order valence-corrected chi connectivity index (χ2v) is 8.02. The van der Waals surface area contributed by atoms with Gasteiger partial charge in [-0.25, -0.2) is 0 Å². The average Bonchev–Trinajstić information content (AvgIpc) is 3.05. The summed E-state index contributed by atoms with van der Waals surface area (Å²) in [4.78, 5) is 13.8. The van der Waals surface area contributed by atoms with Gasteiger partial charge in [0.05, 0.1) is 0 Å². The molecule has 1 fully saturated rings. The van der Waals surface area contributed by atoms with Crippen LogP contribution in [0.25, 0.3) is 0 Å². The first-order valence-electron chi connectivity index (χ1n) is 6.44. The zero-order valence-electron chi connectivity index (χ0n) is 11.2. The average molecular weight is 362 g/mol. The van der Waals surface area contributed by atoms with Gasteiger partial charge in [-0.1, -0.05) is 46.1 Å². The number of nitrogens with zero attached hydrogens (tertiary/aromatic N) is 5. The monoisotopic (exact) mass is 361 g/mol. The first-order chi connectivity index (χ1) is 10.2. The first kappa shape index (κ1) is 15.1. The molecule has 1 aliphatic rings. The van der Waals surface area contributed by atoms with Crippen molar-refractivity contribution in [2.75, 3.05) is 4.90 Å². The van der Waals surface area contributed by atoms with E-state index >= 15 is 0 Å². The van der Waals surface area contributed by atoms with Crippen LogP contribution in [0.4, 0.5) is 5.13 Å². The second kappa shape index (κ2) is 6.55. The quantitative estimate of drug-likeness (QED) is 0.581. The Balaban J connectivity index is 1.67. The minimum atomic E-state index is 0.108. The van der Waals surface area contributed by atoms with Crippen molar-refractivity contribution in [2.45, 2.75) is 42.3 Å². The molecule has 1 aliphatic carbocycles. The summed E-state index contributed by atoms with van der Waals surface area (Å²) in [5.74, 6) is 0.715. The lowest BCUT2D eigenvalue weighted by atomic mass is 10.4. The third-order valence-electron chi connectivity index (χ3n) is 2.93. The van der Waals surface area contributed by atoms with Crippen molar-refractivity contribution in [1.82, 2.24) is 19.8 Å². The third kappa shape index (κ3) is 3.53. The number of hydrogen-bond acceptors (Lipinski definition) is 8. The van der Waals surface area contributed by atoms with Crippen LogP contribution in [0.2, 0.25) is 4.34 Å². The molecule has 0 aromatic carbocycles. The van der Waals surface area contributed by atoms with Crippen LogP contribution >= 0.6 is 46.2 Å². The standard InChI is InChI=1S/C11H12ClN5OS3/c1-2-8(18)17(6-3-4-6)10-14-15-11(20-10)19-5-7-9(12)21-16-13-7/h6H,2-5H2,1H3. The van der Waals surface area contributed by atoms with E-state index in [2.05, 4.69) is 19.8 Å². The molecule has 10 heteroatoms. The SMILES string of the molecule is CCC(=O)N(c1nnc(SCc2nnsc2Cl)s1)C1CC1. The van der Waals surface area contributed by atoms with Crippen molar-refractivity contribution in [1.29, 1.82) is 0 Å². The maximum absolute atomic E-state index is 12.0. The number of amides is 1. The Bertz CT molecular complexity index is 641. The molecular weight excluding hydrogens is 350 g/mol. The van der Waals surface area contributed by atoms with Gasteiger partial charge in [-0.15, -0.1) is 15.3 Å². The molecule has 2 aromatic heterocycles. The highest BCUT2D eigenvalue weighted by Crippen LogP contribution is 2.37. The zero-order valence-corrected chi connectivity index (χ0v) is 14.4. The van der Waals surface area contributed by atoms with Crippen LogP contribution in [0.5, 0.6) is 0 Å². The summed E-state index contributed by atoms with van der Waals surface area (Å²) in [5.41, 5.74) is 0.757. The molecule has 6 nitrogen and oxygen atoms in total. The van der Waals surface area contributed by atoms with Gasteiger partial charge in [0.1, 0.15) is 10.0 Å². The molecule has 1 saturated carbocycles. The Labute approximate surface area is 139 Å². The summed E-state index contributed by atoms with van der Waals surface area (Å²) < 4.78 is 5.21. The van der Waals surface area contributed by atoms with Crippen LogP contribution in [-0.2, 0) is 10.5 Å². The predicted molar refractivity (Wildman–Crippen MR) is 85.2 cm³/mol. The highest BCUT2D eigenvalue weighted by molar-refractivity contribution is 8.00.